The van der Waals surface area contributed by atoms with E-state index in [4.69, 9.17) is 0 Å². The predicted molar refractivity (Wildman–Crippen MR) is 200 cm³/mol. The zero-order chi connectivity index (χ0) is 0. The van der Waals surface area contributed by atoms with E-state index in [9.17, 15) is 0 Å². The second kappa shape index (κ2) is 427. The zero-order valence-corrected chi connectivity index (χ0v) is 79.4. The van der Waals surface area contributed by atoms with Crippen molar-refractivity contribution in [2.45, 2.75) is 0 Å². The summed E-state index contributed by atoms with van der Waals surface area (Å²) < 4.78 is 0. The fourth-order valence-electron chi connectivity index (χ4n) is 0. The smallest absolute Gasteiger partial charge is 0.0395 e. The van der Waals surface area contributed by atoms with Gasteiger partial charge in [-0.05, 0) is 158 Å². The first-order valence-electron chi connectivity index (χ1n) is 0. The van der Waals surface area contributed by atoms with Crippen LogP contribution < -0.4 is 272 Å². The summed E-state index contributed by atoms with van der Waals surface area (Å²) in [6.45, 7) is 0. The van der Waals surface area contributed by atoms with Crippen LogP contribution in [0.15, 0.2) is 0 Å². The van der Waals surface area contributed by atoms with Gasteiger partial charge in [-0.3, -0.25) is 0 Å². The number of hydrogen-bond donors (Lipinski definition) is 0. The van der Waals surface area contributed by atoms with E-state index in [1.54, 1.807) is 0 Å². The fourth-order valence-corrected chi connectivity index (χ4v) is 0. The molecule has 0 radical (unpaired) electrons. The highest BCUT2D eigenvalue weighted by atomic mass is 79.9. The molecule has 0 aliphatic heterocycles. The van der Waals surface area contributed by atoms with Crippen molar-refractivity contribution in [1.82, 2.24) is 0 Å². The Morgan fingerprint density at radius 1 is 0.0625 bits per heavy atom. The molecule has 0 heterocycles. The van der Waals surface area contributed by atoms with Crippen LogP contribution in [0.5, 0.6) is 0 Å². The van der Waals surface area contributed by atoms with Gasteiger partial charge in [0.1, 0.15) is 0 Å². The molecule has 16 atom stereocenters. The summed E-state index contributed by atoms with van der Waals surface area (Å²) in [5.74, 6) is 0. The van der Waals surface area contributed by atoms with Gasteiger partial charge in [-0.2, -0.15) is 0 Å². The van der Waals surface area contributed by atoms with E-state index >= 15 is 0 Å². The van der Waals surface area contributed by atoms with Crippen LogP contribution in [0.2, 0.25) is 0 Å². The van der Waals surface area contributed by atoms with Crippen LogP contribution in [-0.4, -0.2) is 0 Å². The standard InChI is InChI=1S/16BrH.16H3P/h16*1H;16*1H3. The molecule has 0 fully saturated rings. The maximum atomic E-state index is 0. The van der Waals surface area contributed by atoms with E-state index in [2.05, 4.69) is 0 Å². The average Bonchev–Trinajstić information content (AvgIpc) is 0. The predicted octanol–water partition coefficient (Wildman–Crippen LogP) is -51.3. The van der Waals surface area contributed by atoms with Crippen molar-refractivity contribution < 1.29 is 272 Å². The van der Waals surface area contributed by atoms with Gasteiger partial charge < -0.3 is 272 Å². The SMILES string of the molecule is [Br-].[Br-].[Br-].[Br-].[Br-].[Br-].[Br-].[Br-].[Br-].[Br-].[Br-].[Br-].[Br-].[Br-].[Br-].[Br-].[PH4+].[PH4+].[PH4+].[PH4+].[PH4+].[PH4+].[PH4+].[PH4+].[PH4+].[PH4+].[PH4+].[PH4+].[PH4+].[PH4+].[PH4+].[PH4+]. The third-order valence-corrected chi connectivity index (χ3v) is 0. The Morgan fingerprint density at radius 3 is 0.0625 bits per heavy atom. The molecule has 0 aliphatic carbocycles. The lowest BCUT2D eigenvalue weighted by atomic mass is 31.0. The van der Waals surface area contributed by atoms with Crippen molar-refractivity contribution in [2.24, 2.45) is 0 Å². The van der Waals surface area contributed by atoms with Crippen molar-refractivity contribution >= 4 is 158 Å². The Hall–Kier alpha value is 14.6. The van der Waals surface area contributed by atoms with Gasteiger partial charge >= 0.3 is 0 Å². The third-order valence-electron chi connectivity index (χ3n) is 0. The molecule has 16 unspecified atom stereocenters. The van der Waals surface area contributed by atoms with Crippen LogP contribution in [0.3, 0.4) is 0 Å². The first-order valence-corrected chi connectivity index (χ1v) is 0. The Labute approximate surface area is 422 Å². The summed E-state index contributed by atoms with van der Waals surface area (Å²) >= 11 is 0. The number of hydrogen-bond acceptors (Lipinski definition) is 0. The molecule has 0 amide bonds. The third kappa shape index (κ3) is 399. The molecule has 0 aliphatic rings. The Balaban J connectivity index is 0. The van der Waals surface area contributed by atoms with Crippen molar-refractivity contribution in [3.63, 3.8) is 0 Å². The fraction of sp³-hybridized carbons (Fsp3) is 0. The van der Waals surface area contributed by atoms with Gasteiger partial charge in [0, 0.05) is 0 Å². The molecule has 0 spiro atoms. The summed E-state index contributed by atoms with van der Waals surface area (Å²) in [7, 11) is 0. The van der Waals surface area contributed by atoms with E-state index in [-0.39, 0.29) is 430 Å². The lowest BCUT2D eigenvalue weighted by Gasteiger charge is -1.00. The van der Waals surface area contributed by atoms with E-state index in [0.717, 1.165) is 0 Å². The van der Waals surface area contributed by atoms with Crippen molar-refractivity contribution in [3.05, 3.63) is 0 Å². The van der Waals surface area contributed by atoms with Crippen LogP contribution >= 0.6 is 158 Å². The van der Waals surface area contributed by atoms with Crippen LogP contribution in [0.4, 0.5) is 0 Å². The molecule has 256 valence electrons. The van der Waals surface area contributed by atoms with E-state index in [1.165, 1.54) is 0 Å². The molecular formula is H64Br16P16. The Bertz CT molecular complexity index is 32.0. The summed E-state index contributed by atoms with van der Waals surface area (Å²) in [6, 6.07) is 0. The molecule has 0 N–H and O–H groups in total. The molecule has 0 saturated carbocycles. The minimum Gasteiger partial charge on any atom is -1.00 e. The van der Waals surface area contributed by atoms with Crippen LogP contribution in [0, 0.1) is 0 Å². The normalized spacial score (nSPS) is 0. The second-order valence-electron chi connectivity index (χ2n) is 0. The second-order valence-corrected chi connectivity index (χ2v) is 0. The highest BCUT2D eigenvalue weighted by molar-refractivity contribution is 6.94. The van der Waals surface area contributed by atoms with Gasteiger partial charge in [-0.1, -0.05) is 0 Å². The monoisotopic (exact) mass is 1820 g/mol. The highest BCUT2D eigenvalue weighted by Gasteiger charge is -0.0242. The maximum Gasteiger partial charge on any atom is -0.0395 e. The van der Waals surface area contributed by atoms with Crippen LogP contribution in [0.25, 0.3) is 0 Å². The number of rotatable bonds is 0. The van der Waals surface area contributed by atoms with Gasteiger partial charge in [0.2, 0.25) is 0 Å². The maximum absolute atomic E-state index is 0. The molecule has 0 aromatic rings. The number of halogens is 16. The molecule has 0 nitrogen and oxygen atoms in total. The molecular weight excluding hydrogens is 1770 g/mol. The average molecular weight is 1840 g/mol. The van der Waals surface area contributed by atoms with Gasteiger partial charge in [-0.25, -0.2) is 0 Å². The quantitative estimate of drug-likeness (QED) is 0.212. The summed E-state index contributed by atoms with van der Waals surface area (Å²) in [4.78, 5) is 0. The first kappa shape index (κ1) is 456. The molecule has 32 heteroatoms. The Morgan fingerprint density at radius 2 is 0.0625 bits per heavy atom. The molecule has 0 saturated heterocycles. The first-order chi connectivity index (χ1) is 0. The van der Waals surface area contributed by atoms with E-state index in [0.29, 0.717) is 0 Å². The van der Waals surface area contributed by atoms with Gasteiger partial charge in [0.05, 0.1) is 0 Å². The van der Waals surface area contributed by atoms with Crippen molar-refractivity contribution in [2.75, 3.05) is 0 Å². The molecule has 0 aromatic carbocycles. The van der Waals surface area contributed by atoms with E-state index in [1.807, 2.05) is 0 Å². The summed E-state index contributed by atoms with van der Waals surface area (Å²) in [5, 5.41) is 0. The summed E-state index contributed by atoms with van der Waals surface area (Å²) in [6.07, 6.45) is 0. The Kier molecular flexibility index (Phi) is 6080. The lowest BCUT2D eigenvalue weighted by Crippen LogP contribution is -3.00. The van der Waals surface area contributed by atoms with Gasteiger partial charge in [-0.15, -0.1) is 0 Å². The van der Waals surface area contributed by atoms with Gasteiger partial charge in [0.25, 0.3) is 0 Å². The van der Waals surface area contributed by atoms with Crippen LogP contribution in [0.1, 0.15) is 0 Å². The van der Waals surface area contributed by atoms with E-state index < -0.39 is 0 Å². The highest BCUT2D eigenvalue weighted by Crippen LogP contribution is 0.876. The molecule has 32 heavy (non-hydrogen) atoms. The molecule has 0 rings (SSSR count). The largest absolute Gasteiger partial charge is 1.00 e. The minimum atomic E-state index is 0. The molecule has 0 aromatic heterocycles. The zero-order valence-electron chi connectivity index (χ0n) is 22.0. The van der Waals surface area contributed by atoms with Crippen molar-refractivity contribution in [3.8, 4) is 0 Å². The van der Waals surface area contributed by atoms with Crippen molar-refractivity contribution in [1.29, 1.82) is 0 Å². The van der Waals surface area contributed by atoms with Crippen LogP contribution in [-0.2, 0) is 0 Å². The topological polar surface area (TPSA) is 0 Å². The minimum absolute atomic E-state index is 0. The lowest BCUT2D eigenvalue weighted by molar-refractivity contribution is -0.00100. The molecule has 0 bridgehead atoms. The summed E-state index contributed by atoms with van der Waals surface area (Å²) in [5.41, 5.74) is 0. The van der Waals surface area contributed by atoms with Gasteiger partial charge in [0.15, 0.2) is 0 Å².